The van der Waals surface area contributed by atoms with Crippen molar-refractivity contribution in [1.82, 2.24) is 5.32 Å². The third kappa shape index (κ3) is 2.35. The molecule has 0 radical (unpaired) electrons. The molecule has 0 spiro atoms. The van der Waals surface area contributed by atoms with Gasteiger partial charge in [0.15, 0.2) is 0 Å². The van der Waals surface area contributed by atoms with Crippen LogP contribution in [0.25, 0.3) is 0 Å². The lowest BCUT2D eigenvalue weighted by molar-refractivity contribution is 0.180. The van der Waals surface area contributed by atoms with Crippen molar-refractivity contribution in [3.05, 3.63) is 35.6 Å². The Morgan fingerprint density at radius 1 is 1.18 bits per heavy atom. The lowest BCUT2D eigenvalue weighted by atomic mass is 9.75. The second-order valence-corrected chi connectivity index (χ2v) is 5.11. The Hall–Kier alpha value is -0.930. The van der Waals surface area contributed by atoms with Gasteiger partial charge in [-0.1, -0.05) is 18.2 Å². The molecule has 0 aromatic heterocycles. The first-order chi connectivity index (χ1) is 8.33. The van der Waals surface area contributed by atoms with Gasteiger partial charge in [-0.3, -0.25) is 0 Å². The molecule has 1 aliphatic carbocycles. The Balaban J connectivity index is 1.52. The molecule has 0 amide bonds. The molecule has 17 heavy (non-hydrogen) atoms. The van der Waals surface area contributed by atoms with Crippen LogP contribution in [-0.2, 0) is 4.74 Å². The van der Waals surface area contributed by atoms with Crippen LogP contribution in [0.5, 0.6) is 0 Å². The van der Waals surface area contributed by atoms with Gasteiger partial charge < -0.3 is 10.1 Å². The molecule has 3 heteroatoms. The molecule has 2 fully saturated rings. The summed E-state index contributed by atoms with van der Waals surface area (Å²) in [6.07, 6.45) is 3.22. The van der Waals surface area contributed by atoms with Crippen LogP contribution >= 0.6 is 0 Å². The summed E-state index contributed by atoms with van der Waals surface area (Å²) in [5.41, 5.74) is 0.883. The van der Waals surface area contributed by atoms with Crippen molar-refractivity contribution in [3.8, 4) is 0 Å². The number of hydrogen-bond donors (Lipinski definition) is 1. The molecule has 1 aliphatic heterocycles. The lowest BCUT2D eigenvalue weighted by Crippen LogP contribution is -2.45. The van der Waals surface area contributed by atoms with E-state index in [4.69, 9.17) is 4.74 Å². The van der Waals surface area contributed by atoms with E-state index in [9.17, 15) is 4.39 Å². The van der Waals surface area contributed by atoms with Gasteiger partial charge in [-0.15, -0.1) is 0 Å². The van der Waals surface area contributed by atoms with Crippen LogP contribution in [0, 0.1) is 5.82 Å². The minimum atomic E-state index is -0.0554. The largest absolute Gasteiger partial charge is 0.380 e. The third-order valence-corrected chi connectivity index (χ3v) is 3.88. The molecular formula is C14H18FNO. The summed E-state index contributed by atoms with van der Waals surface area (Å²) < 4.78 is 18.9. The minimum Gasteiger partial charge on any atom is -0.380 e. The van der Waals surface area contributed by atoms with E-state index in [0.717, 1.165) is 38.0 Å². The Bertz CT molecular complexity index is 384. The highest BCUT2D eigenvalue weighted by atomic mass is 19.1. The Labute approximate surface area is 101 Å². The maximum atomic E-state index is 13.6. The average Bonchev–Trinajstić information content (AvgIpc) is 2.77. The fourth-order valence-corrected chi connectivity index (χ4v) is 2.81. The van der Waals surface area contributed by atoms with E-state index >= 15 is 0 Å². The van der Waals surface area contributed by atoms with Crippen molar-refractivity contribution >= 4 is 0 Å². The second-order valence-electron chi connectivity index (χ2n) is 5.11. The SMILES string of the molecule is Fc1ccccc1C1CC(NC2CCOC2)C1. The highest BCUT2D eigenvalue weighted by Crippen LogP contribution is 2.38. The quantitative estimate of drug-likeness (QED) is 0.869. The summed E-state index contributed by atoms with van der Waals surface area (Å²) in [4.78, 5) is 0. The molecule has 1 saturated heterocycles. The zero-order valence-electron chi connectivity index (χ0n) is 9.86. The molecule has 1 aromatic carbocycles. The van der Waals surface area contributed by atoms with Gasteiger partial charge in [0, 0.05) is 18.7 Å². The lowest BCUT2D eigenvalue weighted by Gasteiger charge is -2.38. The first-order valence-corrected chi connectivity index (χ1v) is 6.41. The van der Waals surface area contributed by atoms with Gasteiger partial charge in [-0.05, 0) is 36.8 Å². The summed E-state index contributed by atoms with van der Waals surface area (Å²) in [6.45, 7) is 1.71. The molecule has 2 aliphatic rings. The van der Waals surface area contributed by atoms with Crippen molar-refractivity contribution in [2.75, 3.05) is 13.2 Å². The van der Waals surface area contributed by atoms with E-state index in [2.05, 4.69) is 5.32 Å². The second kappa shape index (κ2) is 4.75. The summed E-state index contributed by atoms with van der Waals surface area (Å²) in [5, 5.41) is 3.59. The summed E-state index contributed by atoms with van der Waals surface area (Å²) >= 11 is 0. The monoisotopic (exact) mass is 235 g/mol. The Morgan fingerprint density at radius 2 is 2.00 bits per heavy atom. The fraction of sp³-hybridized carbons (Fsp3) is 0.571. The zero-order chi connectivity index (χ0) is 11.7. The number of halogens is 1. The topological polar surface area (TPSA) is 21.3 Å². The summed E-state index contributed by atoms with van der Waals surface area (Å²) in [6, 6.07) is 8.20. The fourth-order valence-electron chi connectivity index (χ4n) is 2.81. The predicted octanol–water partition coefficient (Wildman–Crippen LogP) is 2.45. The Kier molecular flexibility index (Phi) is 3.12. The van der Waals surface area contributed by atoms with Crippen LogP contribution < -0.4 is 5.32 Å². The minimum absolute atomic E-state index is 0.0554. The molecule has 1 unspecified atom stereocenters. The van der Waals surface area contributed by atoms with Gasteiger partial charge in [0.05, 0.1) is 6.61 Å². The van der Waals surface area contributed by atoms with E-state index in [-0.39, 0.29) is 5.82 Å². The number of benzene rings is 1. The maximum Gasteiger partial charge on any atom is 0.126 e. The molecule has 1 heterocycles. The van der Waals surface area contributed by atoms with E-state index < -0.39 is 0 Å². The smallest absolute Gasteiger partial charge is 0.126 e. The summed E-state index contributed by atoms with van der Waals surface area (Å²) in [5.74, 6) is 0.344. The van der Waals surface area contributed by atoms with E-state index in [1.165, 1.54) is 0 Å². The van der Waals surface area contributed by atoms with Crippen LogP contribution in [0.3, 0.4) is 0 Å². The van der Waals surface area contributed by atoms with Crippen LogP contribution in [-0.4, -0.2) is 25.3 Å². The molecule has 92 valence electrons. The van der Waals surface area contributed by atoms with Crippen LogP contribution in [0.15, 0.2) is 24.3 Å². The van der Waals surface area contributed by atoms with Gasteiger partial charge >= 0.3 is 0 Å². The van der Waals surface area contributed by atoms with E-state index in [0.29, 0.717) is 18.0 Å². The molecule has 0 bridgehead atoms. The molecule has 2 nitrogen and oxygen atoms in total. The van der Waals surface area contributed by atoms with Gasteiger partial charge in [0.25, 0.3) is 0 Å². The van der Waals surface area contributed by atoms with E-state index in [1.54, 1.807) is 12.1 Å². The molecule has 1 saturated carbocycles. The van der Waals surface area contributed by atoms with Crippen molar-refractivity contribution in [2.24, 2.45) is 0 Å². The van der Waals surface area contributed by atoms with Gasteiger partial charge in [0.2, 0.25) is 0 Å². The van der Waals surface area contributed by atoms with Crippen LogP contribution in [0.4, 0.5) is 4.39 Å². The van der Waals surface area contributed by atoms with Crippen molar-refractivity contribution < 1.29 is 9.13 Å². The first kappa shape index (κ1) is 11.2. The molecule has 1 atom stereocenters. The molecular weight excluding hydrogens is 217 g/mol. The number of rotatable bonds is 3. The van der Waals surface area contributed by atoms with Crippen molar-refractivity contribution in [1.29, 1.82) is 0 Å². The molecule has 3 rings (SSSR count). The van der Waals surface area contributed by atoms with Crippen molar-refractivity contribution in [3.63, 3.8) is 0 Å². The van der Waals surface area contributed by atoms with Gasteiger partial charge in [0.1, 0.15) is 5.82 Å². The highest BCUT2D eigenvalue weighted by Gasteiger charge is 2.33. The number of ether oxygens (including phenoxy) is 1. The van der Waals surface area contributed by atoms with Crippen LogP contribution in [0.1, 0.15) is 30.7 Å². The predicted molar refractivity (Wildman–Crippen MR) is 64.5 cm³/mol. The first-order valence-electron chi connectivity index (χ1n) is 6.41. The zero-order valence-corrected chi connectivity index (χ0v) is 9.86. The molecule has 1 aromatic rings. The molecule has 1 N–H and O–H groups in total. The maximum absolute atomic E-state index is 13.6. The van der Waals surface area contributed by atoms with E-state index in [1.807, 2.05) is 12.1 Å². The summed E-state index contributed by atoms with van der Waals surface area (Å²) in [7, 11) is 0. The normalized spacial score (nSPS) is 32.4. The number of nitrogens with one attached hydrogen (secondary N) is 1. The number of hydrogen-bond acceptors (Lipinski definition) is 2. The highest BCUT2D eigenvalue weighted by molar-refractivity contribution is 5.24. The third-order valence-electron chi connectivity index (χ3n) is 3.88. The van der Waals surface area contributed by atoms with Crippen LogP contribution in [0.2, 0.25) is 0 Å². The van der Waals surface area contributed by atoms with Crippen molar-refractivity contribution in [2.45, 2.75) is 37.3 Å². The van der Waals surface area contributed by atoms with Gasteiger partial charge in [-0.2, -0.15) is 0 Å². The standard InChI is InChI=1S/C14H18FNO/c15-14-4-2-1-3-13(14)10-7-12(8-10)16-11-5-6-17-9-11/h1-4,10-12,16H,5-9H2. The Morgan fingerprint density at radius 3 is 2.71 bits per heavy atom. The van der Waals surface area contributed by atoms with Gasteiger partial charge in [-0.25, -0.2) is 4.39 Å². The average molecular weight is 235 g/mol.